The molecule has 0 amide bonds. The number of H-pyrrole nitrogens is 1. The van der Waals surface area contributed by atoms with Crippen molar-refractivity contribution >= 4 is 5.82 Å². The van der Waals surface area contributed by atoms with Gasteiger partial charge in [0, 0.05) is 23.4 Å². The predicted molar refractivity (Wildman–Crippen MR) is 124 cm³/mol. The van der Waals surface area contributed by atoms with E-state index in [4.69, 9.17) is 0 Å². The normalized spacial score (nSPS) is 11.2. The maximum Gasteiger partial charge on any atom is 1.00 e. The van der Waals surface area contributed by atoms with Crippen molar-refractivity contribution in [2.75, 3.05) is 5.32 Å². The Labute approximate surface area is 224 Å². The predicted octanol–water partition coefficient (Wildman–Crippen LogP) is 2.72. The number of aromatic nitrogens is 6. The molecule has 4 aromatic rings. The maximum absolute atomic E-state index is 13.3. The van der Waals surface area contributed by atoms with Gasteiger partial charge in [-0.05, 0) is 41.7 Å². The molecule has 35 heavy (non-hydrogen) atoms. The van der Waals surface area contributed by atoms with E-state index in [0.717, 1.165) is 40.7 Å². The standard InChI is InChI=1S/C24H24F3N7.Na.H/c1-3-4-7-18-15(2)29-23(24(25,26)27)30-21(18)28-14-16-10-12-17(13-11-16)19-8-5-6-9-20(19)22-31-33-34-32-22;;/h5-6,8-13H,3-4,7,14H2,1-2H3,(H,28,29,30)(H,31,32,33,34);;/q;+1;-1. The molecule has 7 nitrogen and oxygen atoms in total. The van der Waals surface area contributed by atoms with Crippen LogP contribution in [0.3, 0.4) is 0 Å². The van der Waals surface area contributed by atoms with Gasteiger partial charge in [-0.1, -0.05) is 61.9 Å². The fraction of sp³-hybridized carbons (Fsp3) is 0.292. The van der Waals surface area contributed by atoms with E-state index in [1.54, 1.807) is 6.92 Å². The third-order valence-corrected chi connectivity index (χ3v) is 5.49. The number of rotatable bonds is 8. The largest absolute Gasteiger partial charge is 1.00 e. The Kier molecular flexibility index (Phi) is 8.98. The molecular formula is C24H25F3N7Na. The molecule has 0 radical (unpaired) electrons. The molecule has 2 N–H and O–H groups in total. The molecule has 0 spiro atoms. The average molecular weight is 491 g/mol. The third-order valence-electron chi connectivity index (χ3n) is 5.49. The van der Waals surface area contributed by atoms with Crippen molar-refractivity contribution in [1.82, 2.24) is 30.6 Å². The summed E-state index contributed by atoms with van der Waals surface area (Å²) in [5, 5.41) is 17.3. The van der Waals surface area contributed by atoms with Crippen LogP contribution in [0.25, 0.3) is 22.5 Å². The van der Waals surface area contributed by atoms with Crippen LogP contribution in [0.15, 0.2) is 48.5 Å². The van der Waals surface area contributed by atoms with E-state index < -0.39 is 12.0 Å². The van der Waals surface area contributed by atoms with Crippen LogP contribution in [0.4, 0.5) is 19.0 Å². The Hall–Kier alpha value is -2.82. The maximum atomic E-state index is 13.3. The van der Waals surface area contributed by atoms with Crippen molar-refractivity contribution in [3.05, 3.63) is 71.2 Å². The van der Waals surface area contributed by atoms with Gasteiger partial charge in [0.2, 0.25) is 11.6 Å². The summed E-state index contributed by atoms with van der Waals surface area (Å²) in [5.41, 5.74) is 4.75. The zero-order chi connectivity index (χ0) is 24.1. The van der Waals surface area contributed by atoms with Gasteiger partial charge in [-0.15, -0.1) is 10.2 Å². The molecule has 178 valence electrons. The number of tetrazole rings is 1. The number of halogens is 3. The zero-order valence-electron chi connectivity index (χ0n) is 20.8. The molecule has 0 bridgehead atoms. The summed E-state index contributed by atoms with van der Waals surface area (Å²) in [6, 6.07) is 15.5. The number of aryl methyl sites for hydroxylation is 1. The molecule has 0 unspecified atom stereocenters. The van der Waals surface area contributed by atoms with Crippen LogP contribution in [-0.4, -0.2) is 30.6 Å². The van der Waals surface area contributed by atoms with Crippen molar-refractivity contribution in [3.8, 4) is 22.5 Å². The van der Waals surface area contributed by atoms with E-state index >= 15 is 0 Å². The molecule has 11 heteroatoms. The van der Waals surface area contributed by atoms with E-state index in [9.17, 15) is 13.2 Å². The minimum atomic E-state index is -4.60. The van der Waals surface area contributed by atoms with Crippen molar-refractivity contribution in [1.29, 1.82) is 0 Å². The van der Waals surface area contributed by atoms with Crippen LogP contribution in [0.1, 0.15) is 43.8 Å². The van der Waals surface area contributed by atoms with Gasteiger partial charge in [-0.25, -0.2) is 9.97 Å². The fourth-order valence-electron chi connectivity index (χ4n) is 3.72. The minimum absolute atomic E-state index is 0. The van der Waals surface area contributed by atoms with Crippen LogP contribution >= 0.6 is 0 Å². The van der Waals surface area contributed by atoms with E-state index in [-0.39, 0.29) is 36.8 Å². The number of benzene rings is 2. The molecule has 2 aromatic carbocycles. The number of nitrogens with zero attached hydrogens (tertiary/aromatic N) is 5. The molecule has 0 aliphatic heterocycles. The zero-order valence-corrected chi connectivity index (χ0v) is 21.8. The second-order valence-electron chi connectivity index (χ2n) is 7.89. The Bertz CT molecular complexity index is 1250. The summed E-state index contributed by atoms with van der Waals surface area (Å²) < 4.78 is 39.8. The number of hydrogen-bond acceptors (Lipinski definition) is 6. The van der Waals surface area contributed by atoms with E-state index in [2.05, 4.69) is 35.9 Å². The van der Waals surface area contributed by atoms with Crippen LogP contribution in [0.2, 0.25) is 0 Å². The number of anilines is 1. The molecule has 0 saturated heterocycles. The van der Waals surface area contributed by atoms with Crippen LogP contribution in [0.5, 0.6) is 0 Å². The SMILES string of the molecule is CCCCc1c(C)nc(C(F)(F)F)nc1NCc1ccc(-c2ccccc2-c2nn[nH]n2)cc1.[H-].[Na+]. The van der Waals surface area contributed by atoms with Gasteiger partial charge in [0.25, 0.3) is 0 Å². The van der Waals surface area contributed by atoms with Gasteiger partial charge in [0.15, 0.2) is 0 Å². The minimum Gasteiger partial charge on any atom is -1.00 e. The summed E-state index contributed by atoms with van der Waals surface area (Å²) in [5.74, 6) is -0.387. The topological polar surface area (TPSA) is 92.3 Å². The second kappa shape index (κ2) is 11.7. The first-order chi connectivity index (χ1) is 16.4. The van der Waals surface area contributed by atoms with Crippen molar-refractivity contribution in [2.45, 2.75) is 45.8 Å². The second-order valence-corrected chi connectivity index (χ2v) is 7.89. The van der Waals surface area contributed by atoms with Crippen molar-refractivity contribution in [2.24, 2.45) is 0 Å². The molecule has 0 atom stereocenters. The number of aromatic amines is 1. The first-order valence-corrected chi connectivity index (χ1v) is 11.0. The number of nitrogens with one attached hydrogen (secondary N) is 2. The Balaban J connectivity index is 0.00000228. The van der Waals surface area contributed by atoms with Gasteiger partial charge in [0.1, 0.15) is 5.82 Å². The molecule has 0 saturated carbocycles. The van der Waals surface area contributed by atoms with Gasteiger partial charge < -0.3 is 6.74 Å². The van der Waals surface area contributed by atoms with E-state index in [0.29, 0.717) is 24.5 Å². The number of unbranched alkanes of at least 4 members (excludes halogenated alkanes) is 1. The molecular weight excluding hydrogens is 466 g/mol. The smallest absolute Gasteiger partial charge is 1.00 e. The quantitative estimate of drug-likeness (QED) is 0.369. The molecule has 0 fully saturated rings. The summed E-state index contributed by atoms with van der Waals surface area (Å²) in [4.78, 5) is 7.50. The molecule has 2 heterocycles. The van der Waals surface area contributed by atoms with Crippen molar-refractivity contribution in [3.63, 3.8) is 0 Å². The average Bonchev–Trinajstić information content (AvgIpc) is 3.36. The molecule has 0 aliphatic carbocycles. The monoisotopic (exact) mass is 491 g/mol. The summed E-state index contributed by atoms with van der Waals surface area (Å²) in [6.45, 7) is 3.97. The van der Waals surface area contributed by atoms with Gasteiger partial charge in [0.05, 0.1) is 0 Å². The van der Waals surface area contributed by atoms with Gasteiger partial charge in [-0.3, -0.25) is 0 Å². The van der Waals surface area contributed by atoms with Gasteiger partial charge >= 0.3 is 35.7 Å². The molecule has 0 aliphatic rings. The number of alkyl halides is 3. The van der Waals surface area contributed by atoms with Gasteiger partial charge in [-0.2, -0.15) is 18.4 Å². The number of hydrogen-bond donors (Lipinski definition) is 2. The van der Waals surface area contributed by atoms with E-state index in [1.165, 1.54) is 0 Å². The summed E-state index contributed by atoms with van der Waals surface area (Å²) in [7, 11) is 0. The summed E-state index contributed by atoms with van der Waals surface area (Å²) in [6.07, 6.45) is -2.21. The molecule has 4 rings (SSSR count). The first-order valence-electron chi connectivity index (χ1n) is 11.0. The Morgan fingerprint density at radius 3 is 2.34 bits per heavy atom. The first kappa shape index (κ1) is 26.8. The Morgan fingerprint density at radius 1 is 1.00 bits per heavy atom. The Morgan fingerprint density at radius 2 is 1.71 bits per heavy atom. The van der Waals surface area contributed by atoms with Crippen LogP contribution in [-0.2, 0) is 19.1 Å². The van der Waals surface area contributed by atoms with E-state index in [1.807, 2.05) is 55.5 Å². The van der Waals surface area contributed by atoms with Crippen LogP contribution < -0.4 is 34.9 Å². The van der Waals surface area contributed by atoms with Crippen LogP contribution in [0, 0.1) is 6.92 Å². The van der Waals surface area contributed by atoms with Crippen molar-refractivity contribution < 1.29 is 44.2 Å². The fourth-order valence-corrected chi connectivity index (χ4v) is 3.72. The molecule has 2 aromatic heterocycles. The summed E-state index contributed by atoms with van der Waals surface area (Å²) >= 11 is 0. The third kappa shape index (κ3) is 6.45.